The van der Waals surface area contributed by atoms with E-state index in [0.29, 0.717) is 13.0 Å². The number of nitrogens with one attached hydrogen (secondary N) is 1. The van der Waals surface area contributed by atoms with E-state index in [4.69, 9.17) is 0 Å². The second-order valence-electron chi connectivity index (χ2n) is 4.68. The van der Waals surface area contributed by atoms with Crippen LogP contribution in [0.25, 0.3) is 11.1 Å². The van der Waals surface area contributed by atoms with E-state index in [9.17, 15) is 4.39 Å². The number of fused-ring (bicyclic) bond motifs is 3. The van der Waals surface area contributed by atoms with Crippen LogP contribution < -0.4 is 5.32 Å². The van der Waals surface area contributed by atoms with Gasteiger partial charge in [0.25, 0.3) is 0 Å². The summed E-state index contributed by atoms with van der Waals surface area (Å²) in [4.78, 5) is 0. The smallest absolute Gasteiger partial charge is 0.0911 e. The van der Waals surface area contributed by atoms with E-state index < -0.39 is 0 Å². The number of halogens is 1. The van der Waals surface area contributed by atoms with Crippen LogP contribution in [0, 0.1) is 0 Å². The number of hydrogen-bond donors (Lipinski definition) is 1. The minimum atomic E-state index is -0.261. The molecule has 0 spiro atoms. The van der Waals surface area contributed by atoms with Crippen molar-refractivity contribution < 1.29 is 4.39 Å². The van der Waals surface area contributed by atoms with E-state index in [1.807, 2.05) is 0 Å². The third kappa shape index (κ3) is 1.99. The summed E-state index contributed by atoms with van der Waals surface area (Å²) < 4.78 is 12.1. The highest BCUT2D eigenvalue weighted by Gasteiger charge is 2.17. The maximum atomic E-state index is 12.1. The molecule has 0 aromatic heterocycles. The second kappa shape index (κ2) is 4.81. The lowest BCUT2D eigenvalue weighted by Gasteiger charge is -2.07. The topological polar surface area (TPSA) is 12.0 Å². The zero-order valence-electron chi connectivity index (χ0n) is 10.2. The monoisotopic (exact) mass is 241 g/mol. The van der Waals surface area contributed by atoms with Gasteiger partial charge in [0.15, 0.2) is 0 Å². The molecule has 0 fully saturated rings. The fraction of sp³-hybridized carbons (Fsp3) is 0.250. The van der Waals surface area contributed by atoms with Crippen molar-refractivity contribution in [1.29, 1.82) is 0 Å². The average molecular weight is 241 g/mol. The summed E-state index contributed by atoms with van der Waals surface area (Å²) in [7, 11) is 0. The first-order chi connectivity index (χ1) is 8.88. The molecule has 0 unspecified atom stereocenters. The van der Waals surface area contributed by atoms with Gasteiger partial charge in [0.05, 0.1) is 6.67 Å². The molecule has 0 radical (unpaired) electrons. The molecule has 0 saturated carbocycles. The predicted octanol–water partition coefficient (Wildman–Crippen LogP) is 4.03. The molecule has 1 N–H and O–H groups in total. The van der Waals surface area contributed by atoms with E-state index in [1.54, 1.807) is 0 Å². The number of anilines is 1. The van der Waals surface area contributed by atoms with Crippen molar-refractivity contribution in [1.82, 2.24) is 0 Å². The highest BCUT2D eigenvalue weighted by Crippen LogP contribution is 2.37. The fourth-order valence-corrected chi connectivity index (χ4v) is 2.55. The molecule has 0 saturated heterocycles. The predicted molar refractivity (Wildman–Crippen MR) is 73.8 cm³/mol. The van der Waals surface area contributed by atoms with E-state index in [0.717, 1.165) is 12.1 Å². The molecule has 2 heteroatoms. The normalized spacial score (nSPS) is 12.1. The number of alkyl halides is 1. The Morgan fingerprint density at radius 2 is 1.83 bits per heavy atom. The van der Waals surface area contributed by atoms with Crippen LogP contribution in [0.3, 0.4) is 0 Å². The quantitative estimate of drug-likeness (QED) is 0.680. The van der Waals surface area contributed by atoms with Gasteiger partial charge in [-0.3, -0.25) is 4.39 Å². The SMILES string of the molecule is FCCCNc1ccc2c(c1)Cc1ccccc1-2. The number of benzene rings is 2. The first-order valence-electron chi connectivity index (χ1n) is 6.39. The van der Waals surface area contributed by atoms with Gasteiger partial charge in [-0.15, -0.1) is 0 Å². The first-order valence-corrected chi connectivity index (χ1v) is 6.39. The van der Waals surface area contributed by atoms with Gasteiger partial charge in [-0.2, -0.15) is 0 Å². The van der Waals surface area contributed by atoms with Gasteiger partial charge in [0, 0.05) is 12.2 Å². The molecule has 2 aromatic carbocycles. The lowest BCUT2D eigenvalue weighted by Crippen LogP contribution is -2.02. The summed E-state index contributed by atoms with van der Waals surface area (Å²) >= 11 is 0. The maximum Gasteiger partial charge on any atom is 0.0911 e. The molecule has 1 nitrogen and oxygen atoms in total. The second-order valence-corrected chi connectivity index (χ2v) is 4.68. The van der Waals surface area contributed by atoms with E-state index >= 15 is 0 Å². The third-order valence-electron chi connectivity index (χ3n) is 3.43. The van der Waals surface area contributed by atoms with Crippen LogP contribution >= 0.6 is 0 Å². The molecule has 1 aliphatic carbocycles. The highest BCUT2D eigenvalue weighted by molar-refractivity contribution is 5.78. The summed E-state index contributed by atoms with van der Waals surface area (Å²) in [6, 6.07) is 15.0. The zero-order chi connectivity index (χ0) is 12.4. The molecule has 0 heterocycles. The number of rotatable bonds is 4. The van der Waals surface area contributed by atoms with Crippen LogP contribution in [0.2, 0.25) is 0 Å². The molecule has 0 atom stereocenters. The summed E-state index contributed by atoms with van der Waals surface area (Å²) in [5.74, 6) is 0. The molecule has 18 heavy (non-hydrogen) atoms. The van der Waals surface area contributed by atoms with Crippen LogP contribution in [0.15, 0.2) is 42.5 Å². The van der Waals surface area contributed by atoms with Crippen molar-refractivity contribution in [2.45, 2.75) is 12.8 Å². The van der Waals surface area contributed by atoms with Gasteiger partial charge in [0.1, 0.15) is 0 Å². The zero-order valence-corrected chi connectivity index (χ0v) is 10.2. The van der Waals surface area contributed by atoms with E-state index in [2.05, 4.69) is 47.8 Å². The van der Waals surface area contributed by atoms with Crippen molar-refractivity contribution in [3.05, 3.63) is 53.6 Å². The molecule has 0 amide bonds. The Labute approximate surface area is 107 Å². The third-order valence-corrected chi connectivity index (χ3v) is 3.43. The Bertz CT molecular complexity index is 563. The van der Waals surface area contributed by atoms with Gasteiger partial charge in [0.2, 0.25) is 0 Å². The minimum absolute atomic E-state index is 0.261. The van der Waals surface area contributed by atoms with Crippen LogP contribution in [0.4, 0.5) is 10.1 Å². The molecule has 3 rings (SSSR count). The summed E-state index contributed by atoms with van der Waals surface area (Å²) in [5, 5.41) is 3.26. The summed E-state index contributed by atoms with van der Waals surface area (Å²) in [5.41, 5.74) is 6.54. The standard InChI is InChI=1S/C16H16FN/c17-8-3-9-18-14-6-7-16-13(11-14)10-12-4-1-2-5-15(12)16/h1-2,4-7,11,18H,3,8-10H2. The van der Waals surface area contributed by atoms with Crippen LogP contribution in [-0.4, -0.2) is 13.2 Å². The first kappa shape index (κ1) is 11.3. The van der Waals surface area contributed by atoms with Gasteiger partial charge < -0.3 is 5.32 Å². The molecule has 0 aliphatic heterocycles. The van der Waals surface area contributed by atoms with E-state index in [1.165, 1.54) is 22.3 Å². The van der Waals surface area contributed by atoms with Crippen LogP contribution in [0.1, 0.15) is 17.5 Å². The molecule has 92 valence electrons. The van der Waals surface area contributed by atoms with E-state index in [-0.39, 0.29) is 6.67 Å². The van der Waals surface area contributed by atoms with Crippen LogP contribution in [-0.2, 0) is 6.42 Å². The fourth-order valence-electron chi connectivity index (χ4n) is 2.55. The Kier molecular flexibility index (Phi) is 3.01. The van der Waals surface area contributed by atoms with Gasteiger partial charge in [-0.05, 0) is 47.2 Å². The number of hydrogen-bond acceptors (Lipinski definition) is 1. The van der Waals surface area contributed by atoms with Crippen LogP contribution in [0.5, 0.6) is 0 Å². The van der Waals surface area contributed by atoms with Crippen molar-refractivity contribution in [3.8, 4) is 11.1 Å². The largest absolute Gasteiger partial charge is 0.385 e. The minimum Gasteiger partial charge on any atom is -0.385 e. The van der Waals surface area contributed by atoms with Crippen molar-refractivity contribution in [2.24, 2.45) is 0 Å². The lowest BCUT2D eigenvalue weighted by atomic mass is 10.1. The van der Waals surface area contributed by atoms with Crippen molar-refractivity contribution >= 4 is 5.69 Å². The van der Waals surface area contributed by atoms with Gasteiger partial charge in [-0.1, -0.05) is 30.3 Å². The molecule has 1 aliphatic rings. The average Bonchev–Trinajstić information content (AvgIpc) is 2.76. The Morgan fingerprint density at radius 3 is 2.72 bits per heavy atom. The van der Waals surface area contributed by atoms with Gasteiger partial charge in [-0.25, -0.2) is 0 Å². The van der Waals surface area contributed by atoms with Gasteiger partial charge >= 0.3 is 0 Å². The molecule has 2 aromatic rings. The summed E-state index contributed by atoms with van der Waals surface area (Å²) in [6.45, 7) is 0.436. The molecule has 0 bridgehead atoms. The highest BCUT2D eigenvalue weighted by atomic mass is 19.1. The molecular weight excluding hydrogens is 225 g/mol. The Hall–Kier alpha value is -1.83. The summed E-state index contributed by atoms with van der Waals surface area (Å²) in [6.07, 6.45) is 1.57. The van der Waals surface area contributed by atoms with Crippen molar-refractivity contribution in [3.63, 3.8) is 0 Å². The maximum absolute atomic E-state index is 12.1. The van der Waals surface area contributed by atoms with Crippen molar-refractivity contribution in [2.75, 3.05) is 18.5 Å². The molecular formula is C16H16FN. The Balaban J connectivity index is 1.84. The lowest BCUT2D eigenvalue weighted by molar-refractivity contribution is 0.481. The Morgan fingerprint density at radius 1 is 1.00 bits per heavy atom.